The summed E-state index contributed by atoms with van der Waals surface area (Å²) in [6, 6.07) is 5.24. The summed E-state index contributed by atoms with van der Waals surface area (Å²) in [5, 5.41) is 12.8. The summed E-state index contributed by atoms with van der Waals surface area (Å²) in [4.78, 5) is 12.1. The molecule has 0 bridgehead atoms. The summed E-state index contributed by atoms with van der Waals surface area (Å²) in [7, 11) is 0. The number of amides is 1. The standard InChI is InChI=1S/C18H18Cl2N2O3/c1-2-24-5-3-4-22-18(23)14(10-21)7-12-6-13-8-15(19)9-16(20)17(13)25-11-12/h6-9H,2-5,11H2,1H3,(H,22,23)/b14-7-. The van der Waals surface area contributed by atoms with Crippen LogP contribution in [-0.2, 0) is 9.53 Å². The number of benzene rings is 1. The third kappa shape index (κ3) is 5.50. The summed E-state index contributed by atoms with van der Waals surface area (Å²) < 4.78 is 10.8. The van der Waals surface area contributed by atoms with E-state index in [1.807, 2.05) is 13.0 Å². The number of rotatable bonds is 7. The molecule has 1 aromatic carbocycles. The van der Waals surface area contributed by atoms with Crippen molar-refractivity contribution < 1.29 is 14.3 Å². The van der Waals surface area contributed by atoms with Crippen LogP contribution in [0, 0.1) is 11.3 Å². The maximum atomic E-state index is 12.1. The molecule has 1 aromatic rings. The fourth-order valence-electron chi connectivity index (χ4n) is 2.27. The molecule has 0 atom stereocenters. The lowest BCUT2D eigenvalue weighted by molar-refractivity contribution is -0.117. The van der Waals surface area contributed by atoms with Crippen molar-refractivity contribution in [2.45, 2.75) is 13.3 Å². The van der Waals surface area contributed by atoms with Crippen molar-refractivity contribution >= 4 is 35.2 Å². The Morgan fingerprint density at radius 3 is 3.00 bits per heavy atom. The van der Waals surface area contributed by atoms with Crippen molar-refractivity contribution in [1.29, 1.82) is 5.26 Å². The van der Waals surface area contributed by atoms with Crippen LogP contribution in [0.15, 0.2) is 29.4 Å². The predicted molar refractivity (Wildman–Crippen MR) is 97.7 cm³/mol. The Bertz CT molecular complexity index is 751. The number of carbonyl (C=O) groups excluding carboxylic acids is 1. The maximum absolute atomic E-state index is 12.1. The van der Waals surface area contributed by atoms with Crippen molar-refractivity contribution in [3.05, 3.63) is 45.0 Å². The highest BCUT2D eigenvalue weighted by molar-refractivity contribution is 6.36. The van der Waals surface area contributed by atoms with Gasteiger partial charge in [0.1, 0.15) is 24.0 Å². The first-order valence-electron chi connectivity index (χ1n) is 7.85. The van der Waals surface area contributed by atoms with Gasteiger partial charge in [-0.05, 0) is 43.2 Å². The van der Waals surface area contributed by atoms with E-state index in [4.69, 9.17) is 32.7 Å². The fourth-order valence-corrected chi connectivity index (χ4v) is 2.83. The van der Waals surface area contributed by atoms with E-state index in [-0.39, 0.29) is 12.2 Å². The molecular formula is C18H18Cl2N2O3. The summed E-state index contributed by atoms with van der Waals surface area (Å²) in [5.41, 5.74) is 1.42. The van der Waals surface area contributed by atoms with Crippen molar-refractivity contribution in [3.63, 3.8) is 0 Å². The van der Waals surface area contributed by atoms with Crippen LogP contribution in [-0.4, -0.2) is 32.3 Å². The Morgan fingerprint density at radius 1 is 1.48 bits per heavy atom. The number of nitrogens with zero attached hydrogens (tertiary/aromatic N) is 1. The van der Waals surface area contributed by atoms with Gasteiger partial charge in [-0.1, -0.05) is 23.2 Å². The van der Waals surface area contributed by atoms with Crippen LogP contribution in [0.2, 0.25) is 10.0 Å². The zero-order valence-electron chi connectivity index (χ0n) is 13.8. The van der Waals surface area contributed by atoms with Crippen molar-refractivity contribution in [1.82, 2.24) is 5.32 Å². The molecule has 1 heterocycles. The lowest BCUT2D eigenvalue weighted by Gasteiger charge is -2.18. The van der Waals surface area contributed by atoms with E-state index in [1.54, 1.807) is 18.2 Å². The molecule has 0 unspecified atom stereocenters. The number of nitrogens with one attached hydrogen (secondary N) is 1. The van der Waals surface area contributed by atoms with Gasteiger partial charge in [-0.15, -0.1) is 0 Å². The molecule has 1 aliphatic heterocycles. The van der Waals surface area contributed by atoms with Crippen LogP contribution >= 0.6 is 23.2 Å². The minimum absolute atomic E-state index is 0.0165. The molecule has 7 heteroatoms. The molecular weight excluding hydrogens is 363 g/mol. The molecule has 0 saturated carbocycles. The van der Waals surface area contributed by atoms with Gasteiger partial charge in [0.2, 0.25) is 0 Å². The molecule has 132 valence electrons. The van der Waals surface area contributed by atoms with Crippen LogP contribution in [0.4, 0.5) is 0 Å². The molecule has 1 N–H and O–H groups in total. The van der Waals surface area contributed by atoms with Crippen LogP contribution in [0.3, 0.4) is 0 Å². The molecule has 0 spiro atoms. The zero-order valence-corrected chi connectivity index (χ0v) is 15.3. The highest BCUT2D eigenvalue weighted by atomic mass is 35.5. The molecule has 1 aliphatic rings. The van der Waals surface area contributed by atoms with Crippen LogP contribution in [0.5, 0.6) is 5.75 Å². The normalized spacial score (nSPS) is 13.4. The average Bonchev–Trinajstić information content (AvgIpc) is 2.58. The molecule has 25 heavy (non-hydrogen) atoms. The number of fused-ring (bicyclic) bond motifs is 1. The average molecular weight is 381 g/mol. The summed E-state index contributed by atoms with van der Waals surface area (Å²) in [6.07, 6.45) is 4.00. The second-order valence-electron chi connectivity index (χ2n) is 5.29. The van der Waals surface area contributed by atoms with E-state index >= 15 is 0 Å². The minimum atomic E-state index is -0.421. The van der Waals surface area contributed by atoms with Gasteiger partial charge in [0.25, 0.3) is 5.91 Å². The second-order valence-corrected chi connectivity index (χ2v) is 6.13. The molecule has 2 rings (SSSR count). The highest BCUT2D eigenvalue weighted by Gasteiger charge is 2.16. The topological polar surface area (TPSA) is 71.3 Å². The zero-order chi connectivity index (χ0) is 18.2. The van der Waals surface area contributed by atoms with E-state index in [1.165, 1.54) is 6.08 Å². The first-order valence-corrected chi connectivity index (χ1v) is 8.61. The SMILES string of the molecule is CCOCCCNC(=O)/C(C#N)=C\C1=Cc2cc(Cl)cc(Cl)c2OC1. The van der Waals surface area contributed by atoms with Gasteiger partial charge >= 0.3 is 0 Å². The Kier molecular flexibility index (Phi) is 7.32. The van der Waals surface area contributed by atoms with Gasteiger partial charge in [-0.3, -0.25) is 4.79 Å². The molecule has 0 aromatic heterocycles. The number of carbonyl (C=O) groups is 1. The monoisotopic (exact) mass is 380 g/mol. The predicted octanol–water partition coefficient (Wildman–Crippen LogP) is 3.76. The van der Waals surface area contributed by atoms with Gasteiger partial charge in [0.05, 0.1) is 5.02 Å². The van der Waals surface area contributed by atoms with Crippen LogP contribution < -0.4 is 10.1 Å². The molecule has 0 radical (unpaired) electrons. The number of ether oxygens (including phenoxy) is 2. The van der Waals surface area contributed by atoms with E-state index in [9.17, 15) is 10.1 Å². The van der Waals surface area contributed by atoms with Gasteiger partial charge in [0.15, 0.2) is 0 Å². The number of halogens is 2. The van der Waals surface area contributed by atoms with E-state index in [0.717, 1.165) is 0 Å². The van der Waals surface area contributed by atoms with Crippen LogP contribution in [0.1, 0.15) is 18.9 Å². The fraction of sp³-hybridized carbons (Fsp3) is 0.333. The molecule has 1 amide bonds. The first kappa shape index (κ1) is 19.3. The summed E-state index contributed by atoms with van der Waals surface area (Å²) in [5.74, 6) is 0.122. The summed E-state index contributed by atoms with van der Waals surface area (Å²) >= 11 is 12.1. The molecule has 5 nitrogen and oxygen atoms in total. The third-order valence-corrected chi connectivity index (χ3v) is 3.91. The number of hydrogen-bond donors (Lipinski definition) is 1. The van der Waals surface area contributed by atoms with Gasteiger partial charge in [0, 0.05) is 30.3 Å². The Balaban J connectivity index is 2.08. The van der Waals surface area contributed by atoms with Crippen molar-refractivity contribution in [3.8, 4) is 11.8 Å². The van der Waals surface area contributed by atoms with Gasteiger partial charge in [-0.2, -0.15) is 5.26 Å². The molecule has 0 fully saturated rings. The second kappa shape index (κ2) is 9.47. The van der Waals surface area contributed by atoms with E-state index < -0.39 is 5.91 Å². The maximum Gasteiger partial charge on any atom is 0.261 e. The van der Waals surface area contributed by atoms with Crippen molar-refractivity contribution in [2.75, 3.05) is 26.4 Å². The summed E-state index contributed by atoms with van der Waals surface area (Å²) in [6.45, 7) is 3.78. The van der Waals surface area contributed by atoms with Crippen molar-refractivity contribution in [2.24, 2.45) is 0 Å². The quantitative estimate of drug-likeness (QED) is 0.444. The largest absolute Gasteiger partial charge is 0.487 e. The number of nitriles is 1. The van der Waals surface area contributed by atoms with Gasteiger partial charge in [-0.25, -0.2) is 0 Å². The Hall–Kier alpha value is -2.00. The highest BCUT2D eigenvalue weighted by Crippen LogP contribution is 2.36. The Labute approximate surface area is 156 Å². The van der Waals surface area contributed by atoms with E-state index in [0.29, 0.717) is 53.1 Å². The Morgan fingerprint density at radius 2 is 2.28 bits per heavy atom. The lowest BCUT2D eigenvalue weighted by Crippen LogP contribution is -2.26. The minimum Gasteiger partial charge on any atom is -0.487 e. The first-order chi connectivity index (χ1) is 12.0. The van der Waals surface area contributed by atoms with Crippen LogP contribution in [0.25, 0.3) is 6.08 Å². The molecule has 0 aliphatic carbocycles. The number of hydrogen-bond acceptors (Lipinski definition) is 4. The lowest BCUT2D eigenvalue weighted by atomic mass is 10.0. The third-order valence-electron chi connectivity index (χ3n) is 3.41. The smallest absolute Gasteiger partial charge is 0.261 e. The van der Waals surface area contributed by atoms with Gasteiger partial charge < -0.3 is 14.8 Å². The van der Waals surface area contributed by atoms with E-state index in [2.05, 4.69) is 5.32 Å². The molecule has 0 saturated heterocycles.